The molecule has 0 bridgehead atoms. The van der Waals surface area contributed by atoms with Crippen LogP contribution in [0.2, 0.25) is 0 Å². The van der Waals surface area contributed by atoms with Crippen molar-refractivity contribution in [3.8, 4) is 11.5 Å². The van der Waals surface area contributed by atoms with Crippen molar-refractivity contribution in [2.75, 3.05) is 26.9 Å². The first kappa shape index (κ1) is 19.3. The number of unbranched alkanes of at least 4 members (excludes halogenated alkanes) is 2. The van der Waals surface area contributed by atoms with E-state index in [0.29, 0.717) is 18.9 Å². The number of ether oxygens (including phenoxy) is 3. The van der Waals surface area contributed by atoms with E-state index in [2.05, 4.69) is 12.2 Å². The van der Waals surface area contributed by atoms with Crippen LogP contribution in [0.25, 0.3) is 6.08 Å². The van der Waals surface area contributed by atoms with E-state index in [-0.39, 0.29) is 12.0 Å². The van der Waals surface area contributed by atoms with Gasteiger partial charge in [0.25, 0.3) is 0 Å². The minimum atomic E-state index is -0.116. The molecule has 1 saturated heterocycles. The summed E-state index contributed by atoms with van der Waals surface area (Å²) in [4.78, 5) is 11.9. The molecule has 1 aliphatic rings. The summed E-state index contributed by atoms with van der Waals surface area (Å²) in [7, 11) is 1.62. The third-order valence-corrected chi connectivity index (χ3v) is 4.15. The zero-order chi connectivity index (χ0) is 17.9. The molecule has 5 heteroatoms. The smallest absolute Gasteiger partial charge is 0.244 e. The number of carbonyl (C=O) groups excluding carboxylic acids is 1. The molecule has 138 valence electrons. The second-order valence-electron chi connectivity index (χ2n) is 6.18. The molecule has 2 rings (SSSR count). The number of hydrogen-bond donors (Lipinski definition) is 1. The third kappa shape index (κ3) is 6.78. The molecule has 0 radical (unpaired) electrons. The summed E-state index contributed by atoms with van der Waals surface area (Å²) in [5.41, 5.74) is 0.894. The molecule has 1 atom stereocenters. The number of hydrogen-bond acceptors (Lipinski definition) is 4. The first-order chi connectivity index (χ1) is 12.2. The van der Waals surface area contributed by atoms with E-state index in [1.807, 2.05) is 18.2 Å². The molecule has 1 aromatic rings. The van der Waals surface area contributed by atoms with Crippen molar-refractivity contribution in [2.45, 2.75) is 45.1 Å². The molecule has 1 N–H and O–H groups in total. The monoisotopic (exact) mass is 347 g/mol. The lowest BCUT2D eigenvalue weighted by Crippen LogP contribution is -2.30. The van der Waals surface area contributed by atoms with Crippen LogP contribution >= 0.6 is 0 Å². The second-order valence-corrected chi connectivity index (χ2v) is 6.18. The number of nitrogens with one attached hydrogen (secondary N) is 1. The Labute approximate surface area is 150 Å². The summed E-state index contributed by atoms with van der Waals surface area (Å²) in [5.74, 6) is 1.30. The molecule has 0 aromatic heterocycles. The minimum absolute atomic E-state index is 0.116. The lowest BCUT2D eigenvalue weighted by atomic mass is 10.2. The van der Waals surface area contributed by atoms with Crippen molar-refractivity contribution in [2.24, 2.45) is 0 Å². The third-order valence-electron chi connectivity index (χ3n) is 4.15. The Morgan fingerprint density at radius 3 is 2.96 bits per heavy atom. The summed E-state index contributed by atoms with van der Waals surface area (Å²) in [6.07, 6.45) is 8.90. The Balaban J connectivity index is 1.84. The average molecular weight is 347 g/mol. The molecule has 0 unspecified atom stereocenters. The van der Waals surface area contributed by atoms with Crippen molar-refractivity contribution in [1.29, 1.82) is 0 Å². The van der Waals surface area contributed by atoms with Crippen LogP contribution in [0.4, 0.5) is 0 Å². The van der Waals surface area contributed by atoms with E-state index in [1.54, 1.807) is 13.2 Å². The van der Waals surface area contributed by atoms with Crippen LogP contribution in [0, 0.1) is 0 Å². The first-order valence-electron chi connectivity index (χ1n) is 9.11. The molecule has 0 aliphatic carbocycles. The van der Waals surface area contributed by atoms with Gasteiger partial charge in [0.15, 0.2) is 11.5 Å². The maximum absolute atomic E-state index is 11.9. The quantitative estimate of drug-likeness (QED) is 0.519. The standard InChI is InChI=1S/C20H29NO4/c1-3-4-5-12-25-18-10-8-16(14-19(18)23-2)9-11-20(22)21-15-17-7-6-13-24-17/h8-11,14,17H,3-7,12-13,15H2,1-2H3,(H,21,22)/b11-9+/t17-/m0/s1. The van der Waals surface area contributed by atoms with E-state index in [9.17, 15) is 4.79 Å². The fourth-order valence-corrected chi connectivity index (χ4v) is 2.69. The van der Waals surface area contributed by atoms with Crippen LogP contribution in [-0.2, 0) is 9.53 Å². The zero-order valence-corrected chi connectivity index (χ0v) is 15.3. The Kier molecular flexibility index (Phi) is 8.32. The van der Waals surface area contributed by atoms with Gasteiger partial charge in [0.1, 0.15) is 0 Å². The average Bonchev–Trinajstić information content (AvgIpc) is 3.16. The summed E-state index contributed by atoms with van der Waals surface area (Å²) in [6.45, 7) is 4.21. The van der Waals surface area contributed by atoms with Crippen LogP contribution in [0.5, 0.6) is 11.5 Å². The Morgan fingerprint density at radius 1 is 1.36 bits per heavy atom. The number of benzene rings is 1. The fraction of sp³-hybridized carbons (Fsp3) is 0.550. The van der Waals surface area contributed by atoms with Gasteiger partial charge >= 0.3 is 0 Å². The van der Waals surface area contributed by atoms with Gasteiger partial charge in [0.2, 0.25) is 5.91 Å². The number of methoxy groups -OCH3 is 1. The van der Waals surface area contributed by atoms with Crippen molar-refractivity contribution < 1.29 is 19.0 Å². The lowest BCUT2D eigenvalue weighted by Gasteiger charge is -2.11. The van der Waals surface area contributed by atoms with E-state index < -0.39 is 0 Å². The van der Waals surface area contributed by atoms with Gasteiger partial charge in [0, 0.05) is 19.2 Å². The highest BCUT2D eigenvalue weighted by atomic mass is 16.5. The van der Waals surface area contributed by atoms with Crippen LogP contribution in [-0.4, -0.2) is 38.9 Å². The van der Waals surface area contributed by atoms with Crippen LogP contribution < -0.4 is 14.8 Å². The molecular weight excluding hydrogens is 318 g/mol. The number of rotatable bonds is 10. The van der Waals surface area contributed by atoms with E-state index in [1.165, 1.54) is 12.5 Å². The van der Waals surface area contributed by atoms with Crippen LogP contribution in [0.15, 0.2) is 24.3 Å². The molecule has 1 heterocycles. The van der Waals surface area contributed by atoms with Gasteiger partial charge in [-0.25, -0.2) is 0 Å². The SMILES string of the molecule is CCCCCOc1ccc(/C=C/C(=O)NC[C@@H]2CCCO2)cc1OC. The Hall–Kier alpha value is -2.01. The molecule has 1 amide bonds. The van der Waals surface area contributed by atoms with Crippen molar-refractivity contribution in [3.05, 3.63) is 29.8 Å². The highest BCUT2D eigenvalue weighted by molar-refractivity contribution is 5.91. The summed E-state index contributed by atoms with van der Waals surface area (Å²) in [6, 6.07) is 5.68. The lowest BCUT2D eigenvalue weighted by molar-refractivity contribution is -0.116. The molecule has 5 nitrogen and oxygen atoms in total. The Morgan fingerprint density at radius 2 is 2.24 bits per heavy atom. The molecule has 1 fully saturated rings. The molecule has 0 spiro atoms. The van der Waals surface area contributed by atoms with Crippen molar-refractivity contribution >= 4 is 12.0 Å². The van der Waals surface area contributed by atoms with E-state index in [0.717, 1.165) is 43.6 Å². The summed E-state index contributed by atoms with van der Waals surface area (Å²) >= 11 is 0. The predicted octanol–water partition coefficient (Wildman–Crippen LogP) is 3.57. The summed E-state index contributed by atoms with van der Waals surface area (Å²) in [5, 5.41) is 2.87. The van der Waals surface area contributed by atoms with Crippen molar-refractivity contribution in [3.63, 3.8) is 0 Å². The normalized spacial score (nSPS) is 17.0. The van der Waals surface area contributed by atoms with Gasteiger partial charge < -0.3 is 19.5 Å². The summed E-state index contributed by atoms with van der Waals surface area (Å²) < 4.78 is 16.6. The van der Waals surface area contributed by atoms with Gasteiger partial charge in [-0.15, -0.1) is 0 Å². The highest BCUT2D eigenvalue weighted by Crippen LogP contribution is 2.28. The van der Waals surface area contributed by atoms with Gasteiger partial charge in [-0.2, -0.15) is 0 Å². The molecular formula is C20H29NO4. The van der Waals surface area contributed by atoms with Crippen LogP contribution in [0.3, 0.4) is 0 Å². The van der Waals surface area contributed by atoms with Crippen molar-refractivity contribution in [1.82, 2.24) is 5.32 Å². The van der Waals surface area contributed by atoms with Gasteiger partial charge in [-0.3, -0.25) is 4.79 Å². The predicted molar refractivity (Wildman–Crippen MR) is 99.0 cm³/mol. The largest absolute Gasteiger partial charge is 0.493 e. The fourth-order valence-electron chi connectivity index (χ4n) is 2.69. The second kappa shape index (κ2) is 10.8. The number of amides is 1. The minimum Gasteiger partial charge on any atom is -0.493 e. The molecule has 1 aromatic carbocycles. The molecule has 0 saturated carbocycles. The topological polar surface area (TPSA) is 56.8 Å². The Bertz CT molecular complexity index is 565. The molecule has 25 heavy (non-hydrogen) atoms. The van der Waals surface area contributed by atoms with Crippen LogP contribution in [0.1, 0.15) is 44.6 Å². The zero-order valence-electron chi connectivity index (χ0n) is 15.3. The first-order valence-corrected chi connectivity index (χ1v) is 9.11. The van der Waals surface area contributed by atoms with E-state index >= 15 is 0 Å². The van der Waals surface area contributed by atoms with Gasteiger partial charge in [0.05, 0.1) is 19.8 Å². The molecule has 1 aliphatic heterocycles. The van der Waals surface area contributed by atoms with Gasteiger partial charge in [-0.1, -0.05) is 25.8 Å². The van der Waals surface area contributed by atoms with Gasteiger partial charge in [-0.05, 0) is 43.0 Å². The maximum Gasteiger partial charge on any atom is 0.244 e. The maximum atomic E-state index is 11.9. The number of carbonyl (C=O) groups is 1. The van der Waals surface area contributed by atoms with E-state index in [4.69, 9.17) is 14.2 Å². The highest BCUT2D eigenvalue weighted by Gasteiger charge is 2.15.